The largest absolute Gasteiger partial charge is 0.383 e. The summed E-state index contributed by atoms with van der Waals surface area (Å²) >= 11 is 0. The van der Waals surface area contributed by atoms with Crippen molar-refractivity contribution in [3.05, 3.63) is 59.4 Å². The first-order chi connectivity index (χ1) is 11.5. The van der Waals surface area contributed by atoms with Crippen LogP contribution in [0.15, 0.2) is 36.4 Å². The third kappa shape index (κ3) is 4.32. The highest BCUT2D eigenvalue weighted by atomic mass is 19.1. The second kappa shape index (κ2) is 8.11. The van der Waals surface area contributed by atoms with E-state index in [1.165, 1.54) is 31.4 Å². The van der Waals surface area contributed by atoms with E-state index in [-0.39, 0.29) is 17.9 Å². The number of aromatic nitrogens is 1. The molecule has 0 saturated carbocycles. The summed E-state index contributed by atoms with van der Waals surface area (Å²) in [5.74, 6) is -3.13. The average molecular weight is 335 g/mol. The van der Waals surface area contributed by atoms with Gasteiger partial charge in [-0.05, 0) is 24.3 Å². The Morgan fingerprint density at radius 1 is 1.04 bits per heavy atom. The molecule has 24 heavy (non-hydrogen) atoms. The number of nitrogens with zero attached hydrogens (tertiary/aromatic N) is 1. The quantitative estimate of drug-likeness (QED) is 0.791. The zero-order chi connectivity index (χ0) is 17.5. The molecular formula is C16H15F2N3O3. The maximum atomic E-state index is 13.6. The number of rotatable bonds is 6. The van der Waals surface area contributed by atoms with Gasteiger partial charge in [0, 0.05) is 13.7 Å². The van der Waals surface area contributed by atoms with Gasteiger partial charge in [0.1, 0.15) is 28.7 Å². The molecule has 0 spiro atoms. The predicted molar refractivity (Wildman–Crippen MR) is 82.8 cm³/mol. The molecule has 0 aliphatic carbocycles. The molecule has 1 aromatic heterocycles. The summed E-state index contributed by atoms with van der Waals surface area (Å²) in [6, 6.07) is 7.43. The maximum Gasteiger partial charge on any atom is 0.274 e. The molecule has 0 atom stereocenters. The highest BCUT2D eigenvalue weighted by molar-refractivity contribution is 6.04. The number of halogens is 2. The molecular weight excluding hydrogens is 320 g/mol. The van der Waals surface area contributed by atoms with Gasteiger partial charge in [-0.25, -0.2) is 13.8 Å². The van der Waals surface area contributed by atoms with Crippen molar-refractivity contribution in [1.82, 2.24) is 10.3 Å². The fourth-order valence-corrected chi connectivity index (χ4v) is 1.84. The number of hydrogen-bond donors (Lipinski definition) is 2. The lowest BCUT2D eigenvalue weighted by molar-refractivity contribution is 0.0932. The lowest BCUT2D eigenvalue weighted by atomic mass is 10.2. The first-order valence-corrected chi connectivity index (χ1v) is 7.02. The van der Waals surface area contributed by atoms with Gasteiger partial charge in [-0.3, -0.25) is 9.59 Å². The van der Waals surface area contributed by atoms with Crippen LogP contribution in [0.25, 0.3) is 0 Å². The number of pyridine rings is 1. The lowest BCUT2D eigenvalue weighted by Crippen LogP contribution is -2.28. The van der Waals surface area contributed by atoms with E-state index in [4.69, 9.17) is 4.74 Å². The van der Waals surface area contributed by atoms with Crippen molar-refractivity contribution in [3.63, 3.8) is 0 Å². The summed E-state index contributed by atoms with van der Waals surface area (Å²) < 4.78 is 31.9. The monoisotopic (exact) mass is 335 g/mol. The molecule has 0 fully saturated rings. The van der Waals surface area contributed by atoms with Gasteiger partial charge in [-0.1, -0.05) is 12.1 Å². The summed E-state index contributed by atoms with van der Waals surface area (Å²) in [6.45, 7) is 0.617. The van der Waals surface area contributed by atoms with Crippen molar-refractivity contribution in [1.29, 1.82) is 0 Å². The number of methoxy groups -OCH3 is 1. The minimum absolute atomic E-state index is 0.00718. The predicted octanol–water partition coefficient (Wildman–Crippen LogP) is 1.99. The lowest BCUT2D eigenvalue weighted by Gasteiger charge is -2.08. The zero-order valence-corrected chi connectivity index (χ0v) is 12.8. The van der Waals surface area contributed by atoms with Crippen LogP contribution in [-0.4, -0.2) is 37.1 Å². The first-order valence-electron chi connectivity index (χ1n) is 7.02. The highest BCUT2D eigenvalue weighted by Gasteiger charge is 2.16. The Bertz CT molecular complexity index is 733. The minimum atomic E-state index is -0.906. The zero-order valence-electron chi connectivity index (χ0n) is 12.8. The average Bonchev–Trinajstić information content (AvgIpc) is 2.58. The van der Waals surface area contributed by atoms with Crippen molar-refractivity contribution >= 4 is 17.5 Å². The van der Waals surface area contributed by atoms with Gasteiger partial charge < -0.3 is 15.4 Å². The molecule has 6 nitrogen and oxygen atoms in total. The number of para-hydroxylation sites is 1. The van der Waals surface area contributed by atoms with Crippen LogP contribution < -0.4 is 10.6 Å². The van der Waals surface area contributed by atoms with Crippen LogP contribution in [-0.2, 0) is 4.74 Å². The molecule has 0 aliphatic heterocycles. The molecule has 1 heterocycles. The Kier molecular flexibility index (Phi) is 5.91. The molecule has 0 aliphatic rings. The number of nitrogens with one attached hydrogen (secondary N) is 2. The number of hydrogen-bond acceptors (Lipinski definition) is 4. The summed E-state index contributed by atoms with van der Waals surface area (Å²) in [7, 11) is 1.50. The number of carbonyl (C=O) groups is 2. The Morgan fingerprint density at radius 3 is 2.25 bits per heavy atom. The van der Waals surface area contributed by atoms with E-state index in [1.54, 1.807) is 0 Å². The molecule has 0 bridgehead atoms. The Labute approximate surface area is 136 Å². The van der Waals surface area contributed by atoms with Crippen LogP contribution in [0.5, 0.6) is 0 Å². The van der Waals surface area contributed by atoms with E-state index in [1.807, 2.05) is 0 Å². The number of benzene rings is 1. The van der Waals surface area contributed by atoms with E-state index in [0.29, 0.717) is 6.61 Å². The van der Waals surface area contributed by atoms with Crippen LogP contribution >= 0.6 is 0 Å². The van der Waals surface area contributed by atoms with Gasteiger partial charge in [0.15, 0.2) is 0 Å². The standard InChI is InChI=1S/C16H15F2N3O3/c1-24-9-8-19-15(22)12-6-3-7-13(20-12)16(23)21-14-10(17)4-2-5-11(14)18/h2-7H,8-9H2,1H3,(H,19,22)(H,21,23). The van der Waals surface area contributed by atoms with E-state index in [9.17, 15) is 18.4 Å². The van der Waals surface area contributed by atoms with Gasteiger partial charge in [0.2, 0.25) is 0 Å². The van der Waals surface area contributed by atoms with Crippen LogP contribution in [0, 0.1) is 11.6 Å². The van der Waals surface area contributed by atoms with Gasteiger partial charge in [-0.15, -0.1) is 0 Å². The number of ether oxygens (including phenoxy) is 1. The van der Waals surface area contributed by atoms with Gasteiger partial charge in [0.05, 0.1) is 6.61 Å². The molecule has 0 saturated heterocycles. The summed E-state index contributed by atoms with van der Waals surface area (Å²) in [6.07, 6.45) is 0. The van der Waals surface area contributed by atoms with Crippen LogP contribution in [0.1, 0.15) is 21.0 Å². The Balaban J connectivity index is 2.13. The van der Waals surface area contributed by atoms with Crippen LogP contribution in [0.2, 0.25) is 0 Å². The summed E-state index contributed by atoms with van der Waals surface area (Å²) in [5.41, 5.74) is -0.705. The minimum Gasteiger partial charge on any atom is -0.383 e. The molecule has 0 unspecified atom stereocenters. The van der Waals surface area contributed by atoms with Crippen molar-refractivity contribution in [2.45, 2.75) is 0 Å². The van der Waals surface area contributed by atoms with Crippen molar-refractivity contribution in [2.24, 2.45) is 0 Å². The molecule has 126 valence electrons. The SMILES string of the molecule is COCCNC(=O)c1cccc(C(=O)Nc2c(F)cccc2F)n1. The molecule has 2 rings (SSSR count). The van der Waals surface area contributed by atoms with Crippen molar-refractivity contribution < 1.29 is 23.1 Å². The fraction of sp³-hybridized carbons (Fsp3) is 0.188. The van der Waals surface area contributed by atoms with Crippen LogP contribution in [0.3, 0.4) is 0 Å². The number of anilines is 1. The Hall–Kier alpha value is -2.87. The smallest absolute Gasteiger partial charge is 0.274 e. The van der Waals surface area contributed by atoms with E-state index < -0.39 is 29.1 Å². The first kappa shape index (κ1) is 17.5. The third-order valence-corrected chi connectivity index (χ3v) is 3.01. The molecule has 8 heteroatoms. The van der Waals surface area contributed by atoms with Crippen molar-refractivity contribution in [2.75, 3.05) is 25.6 Å². The topological polar surface area (TPSA) is 80.3 Å². The second-order valence-electron chi connectivity index (χ2n) is 4.71. The normalized spacial score (nSPS) is 10.3. The third-order valence-electron chi connectivity index (χ3n) is 3.01. The van der Waals surface area contributed by atoms with E-state index in [0.717, 1.165) is 12.1 Å². The Morgan fingerprint density at radius 2 is 1.62 bits per heavy atom. The van der Waals surface area contributed by atoms with Crippen LogP contribution in [0.4, 0.5) is 14.5 Å². The second-order valence-corrected chi connectivity index (χ2v) is 4.71. The molecule has 2 amide bonds. The molecule has 2 aromatic rings. The van der Waals surface area contributed by atoms with Gasteiger partial charge >= 0.3 is 0 Å². The van der Waals surface area contributed by atoms with E-state index in [2.05, 4.69) is 15.6 Å². The van der Waals surface area contributed by atoms with Gasteiger partial charge in [-0.2, -0.15) is 0 Å². The summed E-state index contributed by atoms with van der Waals surface area (Å²) in [4.78, 5) is 27.9. The maximum absolute atomic E-state index is 13.6. The fourth-order valence-electron chi connectivity index (χ4n) is 1.84. The molecule has 0 radical (unpaired) electrons. The molecule has 2 N–H and O–H groups in total. The number of carbonyl (C=O) groups excluding carboxylic acids is 2. The highest BCUT2D eigenvalue weighted by Crippen LogP contribution is 2.18. The van der Waals surface area contributed by atoms with E-state index >= 15 is 0 Å². The number of amides is 2. The van der Waals surface area contributed by atoms with Crippen molar-refractivity contribution in [3.8, 4) is 0 Å². The molecule has 1 aromatic carbocycles. The van der Waals surface area contributed by atoms with Gasteiger partial charge in [0.25, 0.3) is 11.8 Å². The summed E-state index contributed by atoms with van der Waals surface area (Å²) in [5, 5.41) is 4.67.